The van der Waals surface area contributed by atoms with Crippen LogP contribution >= 0.6 is 11.3 Å². The first kappa shape index (κ1) is 20.8. The second-order valence-corrected chi connectivity index (χ2v) is 8.85. The summed E-state index contributed by atoms with van der Waals surface area (Å²) in [4.78, 5) is 39.7. The molecule has 0 spiro atoms. The first-order valence-corrected chi connectivity index (χ1v) is 11.6. The predicted octanol–water partition coefficient (Wildman–Crippen LogP) is 2.67. The van der Waals surface area contributed by atoms with E-state index in [0.29, 0.717) is 13.1 Å². The summed E-state index contributed by atoms with van der Waals surface area (Å²) in [7, 11) is 0. The molecular formula is C22H29N5O2S. The Morgan fingerprint density at radius 3 is 2.37 bits per heavy atom. The first-order chi connectivity index (χ1) is 14.5. The van der Waals surface area contributed by atoms with Crippen LogP contribution in [0.25, 0.3) is 10.6 Å². The lowest BCUT2D eigenvalue weighted by atomic mass is 9.95. The van der Waals surface area contributed by atoms with Crippen molar-refractivity contribution < 1.29 is 9.59 Å². The smallest absolute Gasteiger partial charge is 0.225 e. The van der Waals surface area contributed by atoms with Crippen molar-refractivity contribution in [3.63, 3.8) is 0 Å². The number of hydrogen-bond donors (Lipinski definition) is 0. The van der Waals surface area contributed by atoms with Crippen molar-refractivity contribution in [1.29, 1.82) is 0 Å². The number of hydrogen-bond acceptors (Lipinski definition) is 6. The molecule has 2 aliphatic rings. The van der Waals surface area contributed by atoms with Gasteiger partial charge in [0.05, 0.1) is 5.69 Å². The summed E-state index contributed by atoms with van der Waals surface area (Å²) in [6.07, 6.45) is 4.39. The van der Waals surface area contributed by atoms with E-state index in [-0.39, 0.29) is 17.7 Å². The normalized spacial score (nSPS) is 18.0. The molecule has 2 aromatic rings. The third-order valence-corrected chi connectivity index (χ3v) is 7.05. The molecule has 0 aliphatic carbocycles. The molecule has 0 atom stereocenters. The third kappa shape index (κ3) is 4.48. The van der Waals surface area contributed by atoms with Gasteiger partial charge < -0.3 is 14.7 Å². The summed E-state index contributed by atoms with van der Waals surface area (Å²) in [6, 6.07) is 4.14. The summed E-state index contributed by atoms with van der Waals surface area (Å²) in [6.45, 7) is 8.13. The number of aryl methyl sites for hydroxylation is 1. The van der Waals surface area contributed by atoms with Gasteiger partial charge in [-0.1, -0.05) is 6.92 Å². The molecule has 30 heavy (non-hydrogen) atoms. The molecule has 0 N–H and O–H groups in total. The minimum absolute atomic E-state index is 0.0517. The van der Waals surface area contributed by atoms with Gasteiger partial charge in [-0.2, -0.15) is 0 Å². The zero-order valence-corrected chi connectivity index (χ0v) is 18.5. The molecular weight excluding hydrogens is 398 g/mol. The van der Waals surface area contributed by atoms with Gasteiger partial charge in [-0.05, 0) is 31.4 Å². The van der Waals surface area contributed by atoms with Crippen LogP contribution in [0.15, 0.2) is 23.7 Å². The second kappa shape index (κ2) is 9.12. The Balaban J connectivity index is 1.30. The maximum atomic E-state index is 12.9. The lowest BCUT2D eigenvalue weighted by Gasteiger charge is -2.38. The van der Waals surface area contributed by atoms with Crippen molar-refractivity contribution in [1.82, 2.24) is 19.8 Å². The van der Waals surface area contributed by atoms with Crippen molar-refractivity contribution in [2.75, 3.05) is 44.2 Å². The topological polar surface area (TPSA) is 69.6 Å². The summed E-state index contributed by atoms with van der Waals surface area (Å²) >= 11 is 1.66. The van der Waals surface area contributed by atoms with Gasteiger partial charge in [0.15, 0.2) is 0 Å². The molecule has 8 heteroatoms. The van der Waals surface area contributed by atoms with Crippen LogP contribution in [0.5, 0.6) is 0 Å². The van der Waals surface area contributed by atoms with Crippen LogP contribution in [0, 0.1) is 5.92 Å². The Morgan fingerprint density at radius 1 is 1.07 bits per heavy atom. The van der Waals surface area contributed by atoms with Crippen molar-refractivity contribution >= 4 is 29.0 Å². The minimum Gasteiger partial charge on any atom is -0.353 e. The summed E-state index contributed by atoms with van der Waals surface area (Å²) < 4.78 is 0. The quantitative estimate of drug-likeness (QED) is 0.750. The number of likely N-dealkylation sites (tertiary alicyclic amines) is 1. The number of carbonyl (C=O) groups excluding carboxylic acids is 2. The van der Waals surface area contributed by atoms with Crippen LogP contribution < -0.4 is 4.90 Å². The van der Waals surface area contributed by atoms with Gasteiger partial charge in [0.25, 0.3) is 0 Å². The van der Waals surface area contributed by atoms with Crippen molar-refractivity contribution in [2.24, 2.45) is 5.92 Å². The fourth-order valence-corrected chi connectivity index (χ4v) is 5.05. The SMILES string of the molecule is CCc1csc(-c2ccc(N3CCN(C(=O)C4CCN(C(C)=O)CC4)CC3)nc2)n1. The fourth-order valence-electron chi connectivity index (χ4n) is 4.16. The van der Waals surface area contributed by atoms with E-state index in [0.717, 1.165) is 67.5 Å². The van der Waals surface area contributed by atoms with Crippen LogP contribution in [0.3, 0.4) is 0 Å². The number of carbonyl (C=O) groups is 2. The lowest BCUT2D eigenvalue weighted by Crippen LogP contribution is -2.52. The highest BCUT2D eigenvalue weighted by molar-refractivity contribution is 7.13. The molecule has 160 valence electrons. The number of piperazine rings is 1. The summed E-state index contributed by atoms with van der Waals surface area (Å²) in [5.74, 6) is 1.36. The average Bonchev–Trinajstić information content (AvgIpc) is 3.28. The molecule has 2 aromatic heterocycles. The monoisotopic (exact) mass is 427 g/mol. The predicted molar refractivity (Wildman–Crippen MR) is 118 cm³/mol. The van der Waals surface area contributed by atoms with Gasteiger partial charge in [0.1, 0.15) is 10.8 Å². The van der Waals surface area contributed by atoms with Crippen LogP contribution in [-0.4, -0.2) is 70.9 Å². The zero-order chi connectivity index (χ0) is 21.1. The molecule has 2 amide bonds. The van der Waals surface area contributed by atoms with E-state index >= 15 is 0 Å². The van der Waals surface area contributed by atoms with Gasteiger partial charge in [-0.25, -0.2) is 9.97 Å². The van der Waals surface area contributed by atoms with Crippen LogP contribution in [0.2, 0.25) is 0 Å². The molecule has 4 heterocycles. The first-order valence-electron chi connectivity index (χ1n) is 10.7. The molecule has 0 saturated carbocycles. The van der Waals surface area contributed by atoms with E-state index in [1.807, 2.05) is 16.0 Å². The molecule has 2 aliphatic heterocycles. The largest absolute Gasteiger partial charge is 0.353 e. The van der Waals surface area contributed by atoms with Crippen LogP contribution in [0.4, 0.5) is 5.82 Å². The van der Waals surface area contributed by atoms with Crippen molar-refractivity contribution in [3.05, 3.63) is 29.4 Å². The highest BCUT2D eigenvalue weighted by Gasteiger charge is 2.31. The second-order valence-electron chi connectivity index (χ2n) is 8.00. The van der Waals surface area contributed by atoms with E-state index in [1.54, 1.807) is 18.3 Å². The molecule has 2 fully saturated rings. The highest BCUT2D eigenvalue weighted by Crippen LogP contribution is 2.26. The van der Waals surface area contributed by atoms with E-state index in [1.165, 1.54) is 0 Å². The Morgan fingerprint density at radius 2 is 1.80 bits per heavy atom. The van der Waals surface area contributed by atoms with Gasteiger partial charge in [0.2, 0.25) is 11.8 Å². The molecule has 0 radical (unpaired) electrons. The summed E-state index contributed by atoms with van der Waals surface area (Å²) in [5, 5.41) is 3.11. The zero-order valence-electron chi connectivity index (χ0n) is 17.7. The van der Waals surface area contributed by atoms with Gasteiger partial charge >= 0.3 is 0 Å². The lowest BCUT2D eigenvalue weighted by molar-refractivity contribution is -0.140. The van der Waals surface area contributed by atoms with Gasteiger partial charge in [-0.15, -0.1) is 11.3 Å². The molecule has 0 aromatic carbocycles. The number of nitrogens with zero attached hydrogens (tertiary/aromatic N) is 5. The molecule has 2 saturated heterocycles. The van der Waals surface area contributed by atoms with E-state index < -0.39 is 0 Å². The number of pyridine rings is 1. The number of anilines is 1. The third-order valence-electron chi connectivity index (χ3n) is 6.11. The van der Waals surface area contributed by atoms with Crippen LogP contribution in [-0.2, 0) is 16.0 Å². The van der Waals surface area contributed by atoms with Crippen molar-refractivity contribution in [2.45, 2.75) is 33.1 Å². The maximum Gasteiger partial charge on any atom is 0.225 e. The molecule has 7 nitrogen and oxygen atoms in total. The van der Waals surface area contributed by atoms with Crippen LogP contribution in [0.1, 0.15) is 32.4 Å². The Kier molecular flexibility index (Phi) is 6.32. The standard InChI is InChI=1S/C22H29N5O2S/c1-3-19-15-30-21(24-19)18-4-5-20(23-14-18)26-10-12-27(13-11-26)22(29)17-6-8-25(9-7-17)16(2)28/h4-5,14-15,17H,3,6-13H2,1-2H3. The molecule has 0 unspecified atom stereocenters. The maximum absolute atomic E-state index is 12.9. The number of aromatic nitrogens is 2. The Bertz CT molecular complexity index is 881. The fraction of sp³-hybridized carbons (Fsp3) is 0.545. The average molecular weight is 428 g/mol. The molecule has 0 bridgehead atoms. The van der Waals surface area contributed by atoms with E-state index in [9.17, 15) is 9.59 Å². The number of rotatable bonds is 4. The van der Waals surface area contributed by atoms with Gasteiger partial charge in [-0.3, -0.25) is 9.59 Å². The van der Waals surface area contributed by atoms with E-state index in [2.05, 4.69) is 39.3 Å². The number of amides is 2. The Labute approximate surface area is 181 Å². The number of piperidine rings is 1. The summed E-state index contributed by atoms with van der Waals surface area (Å²) in [5.41, 5.74) is 2.17. The van der Waals surface area contributed by atoms with Gasteiger partial charge in [0, 0.05) is 69.3 Å². The minimum atomic E-state index is 0.0517. The Hall–Kier alpha value is -2.48. The van der Waals surface area contributed by atoms with Crippen molar-refractivity contribution in [3.8, 4) is 10.6 Å². The van der Waals surface area contributed by atoms with E-state index in [4.69, 9.17) is 0 Å². The number of thiazole rings is 1. The highest BCUT2D eigenvalue weighted by atomic mass is 32.1. The molecule has 4 rings (SSSR count).